The lowest BCUT2D eigenvalue weighted by molar-refractivity contribution is -0.134. The van der Waals surface area contributed by atoms with Crippen LogP contribution in [0.15, 0.2) is 18.3 Å². The molecule has 1 aliphatic heterocycles. The maximum atomic E-state index is 11.8. The molecule has 2 N–H and O–H groups in total. The minimum absolute atomic E-state index is 0.132. The van der Waals surface area contributed by atoms with Crippen LogP contribution in [-0.2, 0) is 9.59 Å². The SMILES string of the molecule is O=C1CCC(NC(=O)c2cc(Cl)ccn2)C(=O)N1. The van der Waals surface area contributed by atoms with Gasteiger partial charge in [-0.25, -0.2) is 0 Å². The van der Waals surface area contributed by atoms with Crippen molar-refractivity contribution >= 4 is 29.3 Å². The Kier molecular flexibility index (Phi) is 3.57. The van der Waals surface area contributed by atoms with Crippen LogP contribution in [0.3, 0.4) is 0 Å². The van der Waals surface area contributed by atoms with E-state index in [0.717, 1.165) is 0 Å². The van der Waals surface area contributed by atoms with E-state index in [1.807, 2.05) is 0 Å². The molecular formula is C11H10ClN3O3. The Labute approximate surface area is 108 Å². The number of aromatic nitrogens is 1. The maximum absolute atomic E-state index is 11.8. The van der Waals surface area contributed by atoms with Gasteiger partial charge in [0.15, 0.2) is 0 Å². The lowest BCUT2D eigenvalue weighted by Crippen LogP contribution is -2.52. The van der Waals surface area contributed by atoms with E-state index in [1.54, 1.807) is 6.07 Å². The summed E-state index contributed by atoms with van der Waals surface area (Å²) in [6.07, 6.45) is 1.90. The molecule has 3 amide bonds. The molecule has 6 nitrogen and oxygen atoms in total. The Bertz CT molecular complexity index is 518. The zero-order valence-electron chi connectivity index (χ0n) is 9.27. The van der Waals surface area contributed by atoms with Gasteiger partial charge in [0.25, 0.3) is 5.91 Å². The predicted molar refractivity (Wildman–Crippen MR) is 62.9 cm³/mol. The molecule has 94 valence electrons. The predicted octanol–water partition coefficient (Wildman–Crippen LogP) is 0.270. The molecule has 0 bridgehead atoms. The third-order valence-corrected chi connectivity index (χ3v) is 2.73. The first kappa shape index (κ1) is 12.5. The van der Waals surface area contributed by atoms with E-state index in [1.165, 1.54) is 12.3 Å². The standard InChI is InChI=1S/C11H10ClN3O3/c12-6-3-4-13-8(5-6)11(18)14-7-1-2-9(16)15-10(7)17/h3-5,7H,1-2H2,(H,14,18)(H,15,16,17). The third-order valence-electron chi connectivity index (χ3n) is 2.50. The van der Waals surface area contributed by atoms with Crippen molar-refractivity contribution in [2.45, 2.75) is 18.9 Å². The molecule has 2 heterocycles. The molecule has 1 aromatic rings. The van der Waals surface area contributed by atoms with Crippen LogP contribution in [-0.4, -0.2) is 28.7 Å². The minimum atomic E-state index is -0.712. The van der Waals surface area contributed by atoms with Gasteiger partial charge in [-0.2, -0.15) is 0 Å². The van der Waals surface area contributed by atoms with Crippen LogP contribution < -0.4 is 10.6 Å². The number of imide groups is 1. The smallest absolute Gasteiger partial charge is 0.270 e. The zero-order valence-corrected chi connectivity index (χ0v) is 10.0. The minimum Gasteiger partial charge on any atom is -0.339 e. The number of pyridine rings is 1. The summed E-state index contributed by atoms with van der Waals surface area (Å²) >= 11 is 5.74. The van der Waals surface area contributed by atoms with Gasteiger partial charge in [-0.15, -0.1) is 0 Å². The van der Waals surface area contributed by atoms with E-state index in [4.69, 9.17) is 11.6 Å². The van der Waals surface area contributed by atoms with Gasteiger partial charge in [-0.1, -0.05) is 11.6 Å². The van der Waals surface area contributed by atoms with Crippen molar-refractivity contribution in [1.29, 1.82) is 0 Å². The summed E-state index contributed by atoms with van der Waals surface area (Å²) in [6, 6.07) is 2.24. The van der Waals surface area contributed by atoms with Crippen LogP contribution in [0.25, 0.3) is 0 Å². The quantitative estimate of drug-likeness (QED) is 0.753. The molecule has 1 fully saturated rings. The summed E-state index contributed by atoms with van der Waals surface area (Å²) < 4.78 is 0. The second-order valence-corrected chi connectivity index (χ2v) is 4.27. The van der Waals surface area contributed by atoms with Gasteiger partial charge in [0.2, 0.25) is 11.8 Å². The van der Waals surface area contributed by atoms with E-state index in [2.05, 4.69) is 15.6 Å². The van der Waals surface area contributed by atoms with Crippen LogP contribution >= 0.6 is 11.6 Å². The molecule has 1 aliphatic rings. The van der Waals surface area contributed by atoms with Crippen LogP contribution in [0.4, 0.5) is 0 Å². The lowest BCUT2D eigenvalue weighted by atomic mass is 10.1. The molecule has 2 rings (SSSR count). The van der Waals surface area contributed by atoms with Crippen molar-refractivity contribution in [3.05, 3.63) is 29.0 Å². The van der Waals surface area contributed by atoms with Gasteiger partial charge in [0.05, 0.1) is 0 Å². The summed E-state index contributed by atoms with van der Waals surface area (Å²) in [6.45, 7) is 0. The first-order chi connectivity index (χ1) is 8.56. The molecule has 0 aromatic carbocycles. The summed E-state index contributed by atoms with van der Waals surface area (Å²) in [4.78, 5) is 38.0. The molecule has 0 spiro atoms. The number of carbonyl (C=O) groups excluding carboxylic acids is 3. The molecule has 1 unspecified atom stereocenters. The summed E-state index contributed by atoms with van der Waals surface area (Å²) in [7, 11) is 0. The first-order valence-corrected chi connectivity index (χ1v) is 5.70. The van der Waals surface area contributed by atoms with Crippen molar-refractivity contribution in [2.24, 2.45) is 0 Å². The monoisotopic (exact) mass is 267 g/mol. The fourth-order valence-corrected chi connectivity index (χ4v) is 1.75. The highest BCUT2D eigenvalue weighted by atomic mass is 35.5. The Morgan fingerprint density at radius 2 is 2.28 bits per heavy atom. The lowest BCUT2D eigenvalue weighted by Gasteiger charge is -2.21. The van der Waals surface area contributed by atoms with Gasteiger partial charge >= 0.3 is 0 Å². The van der Waals surface area contributed by atoms with Crippen LogP contribution in [0.2, 0.25) is 5.02 Å². The van der Waals surface area contributed by atoms with Crippen LogP contribution in [0.5, 0.6) is 0 Å². The molecule has 1 aromatic heterocycles. The van der Waals surface area contributed by atoms with Crippen LogP contribution in [0.1, 0.15) is 23.3 Å². The summed E-state index contributed by atoms with van der Waals surface area (Å²) in [5, 5.41) is 5.05. The average molecular weight is 268 g/mol. The molecule has 0 radical (unpaired) electrons. The van der Waals surface area contributed by atoms with Crippen molar-refractivity contribution in [3.8, 4) is 0 Å². The summed E-state index contributed by atoms with van der Waals surface area (Å²) in [5.41, 5.74) is 0.132. The number of hydrogen-bond acceptors (Lipinski definition) is 4. The van der Waals surface area contributed by atoms with Crippen molar-refractivity contribution in [2.75, 3.05) is 0 Å². The first-order valence-electron chi connectivity index (χ1n) is 5.32. The molecule has 0 aliphatic carbocycles. The Hall–Kier alpha value is -1.95. The van der Waals surface area contributed by atoms with Gasteiger partial charge in [0, 0.05) is 17.6 Å². The largest absolute Gasteiger partial charge is 0.339 e. The highest BCUT2D eigenvalue weighted by Gasteiger charge is 2.28. The molecular weight excluding hydrogens is 258 g/mol. The molecule has 7 heteroatoms. The molecule has 1 atom stereocenters. The van der Waals surface area contributed by atoms with Gasteiger partial charge in [-0.3, -0.25) is 24.7 Å². The van der Waals surface area contributed by atoms with E-state index in [9.17, 15) is 14.4 Å². The van der Waals surface area contributed by atoms with Crippen molar-refractivity contribution in [1.82, 2.24) is 15.6 Å². The van der Waals surface area contributed by atoms with Gasteiger partial charge in [-0.05, 0) is 18.6 Å². The van der Waals surface area contributed by atoms with E-state index >= 15 is 0 Å². The molecule has 0 saturated carbocycles. The average Bonchev–Trinajstić information content (AvgIpc) is 2.32. The number of amides is 3. The Morgan fingerprint density at radius 1 is 1.50 bits per heavy atom. The number of rotatable bonds is 2. The maximum Gasteiger partial charge on any atom is 0.270 e. The number of piperidine rings is 1. The molecule has 1 saturated heterocycles. The fraction of sp³-hybridized carbons (Fsp3) is 0.273. The number of hydrogen-bond donors (Lipinski definition) is 2. The van der Waals surface area contributed by atoms with E-state index < -0.39 is 17.9 Å². The van der Waals surface area contributed by atoms with E-state index in [-0.39, 0.29) is 24.4 Å². The number of nitrogens with zero attached hydrogens (tertiary/aromatic N) is 1. The second kappa shape index (κ2) is 5.14. The van der Waals surface area contributed by atoms with E-state index in [0.29, 0.717) is 5.02 Å². The van der Waals surface area contributed by atoms with Gasteiger partial charge < -0.3 is 5.32 Å². The topological polar surface area (TPSA) is 88.2 Å². The van der Waals surface area contributed by atoms with Crippen LogP contribution in [0, 0.1) is 0 Å². The van der Waals surface area contributed by atoms with Gasteiger partial charge in [0.1, 0.15) is 11.7 Å². The number of carbonyl (C=O) groups is 3. The third kappa shape index (κ3) is 2.84. The highest BCUT2D eigenvalue weighted by Crippen LogP contribution is 2.09. The van der Waals surface area contributed by atoms with Crippen molar-refractivity contribution in [3.63, 3.8) is 0 Å². The second-order valence-electron chi connectivity index (χ2n) is 3.84. The highest BCUT2D eigenvalue weighted by molar-refractivity contribution is 6.30. The number of nitrogens with one attached hydrogen (secondary N) is 2. The summed E-state index contributed by atoms with van der Waals surface area (Å²) in [5.74, 6) is -1.32. The Balaban J connectivity index is 2.03. The normalized spacial score (nSPS) is 19.3. The van der Waals surface area contributed by atoms with Crippen molar-refractivity contribution < 1.29 is 14.4 Å². The fourth-order valence-electron chi connectivity index (χ4n) is 1.59. The Morgan fingerprint density at radius 3 is 2.94 bits per heavy atom. The zero-order chi connectivity index (χ0) is 13.1. The molecule has 18 heavy (non-hydrogen) atoms. The number of halogens is 1.